The molecule has 0 aromatic carbocycles. The zero-order valence-corrected chi connectivity index (χ0v) is 11.0. The molecule has 0 saturated heterocycles. The molecule has 16 heavy (non-hydrogen) atoms. The van der Waals surface area contributed by atoms with Crippen LogP contribution in [0.4, 0.5) is 0 Å². The highest BCUT2D eigenvalue weighted by Gasteiger charge is 2.22. The van der Waals surface area contributed by atoms with Crippen LogP contribution in [0.5, 0.6) is 0 Å². The summed E-state index contributed by atoms with van der Waals surface area (Å²) in [5.41, 5.74) is -0.193. The predicted octanol–water partition coefficient (Wildman–Crippen LogP) is 1.94. The Hall–Kier alpha value is -0.120. The molecule has 0 aromatic heterocycles. The summed E-state index contributed by atoms with van der Waals surface area (Å²) in [6.45, 7) is 5.25. The predicted molar refractivity (Wildman–Crippen MR) is 66.5 cm³/mol. The van der Waals surface area contributed by atoms with Crippen LogP contribution >= 0.6 is 0 Å². The Bertz CT molecular complexity index is 184. The molecule has 3 nitrogen and oxygen atoms in total. The molecular formula is C13H27NO2. The molecule has 2 N–H and O–H groups in total. The summed E-state index contributed by atoms with van der Waals surface area (Å²) in [6, 6.07) is 0. The van der Waals surface area contributed by atoms with Crippen molar-refractivity contribution in [2.45, 2.75) is 57.6 Å². The smallest absolute Gasteiger partial charge is 0.0611 e. The monoisotopic (exact) mass is 229 g/mol. The van der Waals surface area contributed by atoms with Crippen LogP contribution in [0.25, 0.3) is 0 Å². The number of aliphatic hydroxyl groups is 1. The molecule has 0 spiro atoms. The molecule has 0 aromatic rings. The molecule has 0 heterocycles. The maximum atomic E-state index is 9.24. The third kappa shape index (κ3) is 4.40. The summed E-state index contributed by atoms with van der Waals surface area (Å²) < 4.78 is 5.88. The van der Waals surface area contributed by atoms with Crippen molar-refractivity contribution in [1.29, 1.82) is 0 Å². The number of ether oxygens (including phenoxy) is 1. The van der Waals surface area contributed by atoms with Gasteiger partial charge in [0, 0.05) is 12.1 Å². The van der Waals surface area contributed by atoms with E-state index < -0.39 is 0 Å². The Balaban J connectivity index is 2.15. The average molecular weight is 229 g/mol. The highest BCUT2D eigenvalue weighted by molar-refractivity contribution is 4.80. The van der Waals surface area contributed by atoms with Crippen LogP contribution in [0.2, 0.25) is 0 Å². The molecule has 1 saturated carbocycles. The zero-order chi connectivity index (χ0) is 12.0. The van der Waals surface area contributed by atoms with Gasteiger partial charge in [0.25, 0.3) is 0 Å². The van der Waals surface area contributed by atoms with Crippen molar-refractivity contribution < 1.29 is 9.84 Å². The van der Waals surface area contributed by atoms with Crippen LogP contribution in [0.15, 0.2) is 0 Å². The lowest BCUT2D eigenvalue weighted by atomic mass is 9.89. The fraction of sp³-hybridized carbons (Fsp3) is 1.00. The summed E-state index contributed by atoms with van der Waals surface area (Å²) in [5.74, 6) is 0.875. The molecule has 96 valence electrons. The molecule has 0 aliphatic heterocycles. The SMILES string of the molecule is CNC(C)(CO)CCOC1CCC(C)CC1. The minimum Gasteiger partial charge on any atom is -0.394 e. The summed E-state index contributed by atoms with van der Waals surface area (Å²) >= 11 is 0. The maximum Gasteiger partial charge on any atom is 0.0611 e. The second-order valence-electron chi connectivity index (χ2n) is 5.47. The summed E-state index contributed by atoms with van der Waals surface area (Å²) in [5, 5.41) is 12.4. The first-order valence-corrected chi connectivity index (χ1v) is 6.51. The minimum atomic E-state index is -0.193. The van der Waals surface area contributed by atoms with Gasteiger partial charge in [0.2, 0.25) is 0 Å². The van der Waals surface area contributed by atoms with Gasteiger partial charge in [0.05, 0.1) is 12.7 Å². The van der Waals surface area contributed by atoms with E-state index in [9.17, 15) is 5.11 Å². The Morgan fingerprint density at radius 1 is 1.31 bits per heavy atom. The van der Waals surface area contributed by atoms with Crippen LogP contribution in [0.1, 0.15) is 46.0 Å². The molecule has 1 rings (SSSR count). The largest absolute Gasteiger partial charge is 0.394 e. The first-order chi connectivity index (χ1) is 7.59. The van der Waals surface area contributed by atoms with E-state index in [-0.39, 0.29) is 12.1 Å². The van der Waals surface area contributed by atoms with Crippen LogP contribution in [-0.4, -0.2) is 37.0 Å². The first-order valence-electron chi connectivity index (χ1n) is 6.51. The highest BCUT2D eigenvalue weighted by atomic mass is 16.5. The minimum absolute atomic E-state index is 0.161. The fourth-order valence-electron chi connectivity index (χ4n) is 2.13. The lowest BCUT2D eigenvalue weighted by molar-refractivity contribution is 0.00522. The van der Waals surface area contributed by atoms with E-state index in [4.69, 9.17) is 4.74 Å². The van der Waals surface area contributed by atoms with Crippen LogP contribution in [-0.2, 0) is 4.74 Å². The molecule has 1 atom stereocenters. The average Bonchev–Trinajstić information content (AvgIpc) is 2.31. The fourth-order valence-corrected chi connectivity index (χ4v) is 2.13. The van der Waals surface area contributed by atoms with E-state index in [1.54, 1.807) is 0 Å². The van der Waals surface area contributed by atoms with Gasteiger partial charge in [-0.1, -0.05) is 6.92 Å². The lowest BCUT2D eigenvalue weighted by Gasteiger charge is -2.30. The van der Waals surface area contributed by atoms with Crippen LogP contribution in [0, 0.1) is 5.92 Å². The van der Waals surface area contributed by atoms with Gasteiger partial charge in [-0.15, -0.1) is 0 Å². The third-order valence-electron chi connectivity index (χ3n) is 3.92. The number of rotatable bonds is 6. The van der Waals surface area contributed by atoms with E-state index in [1.165, 1.54) is 25.7 Å². The van der Waals surface area contributed by atoms with Crippen molar-refractivity contribution in [2.24, 2.45) is 5.92 Å². The van der Waals surface area contributed by atoms with Gasteiger partial charge in [-0.25, -0.2) is 0 Å². The van der Waals surface area contributed by atoms with Gasteiger partial charge in [-0.05, 0) is 52.0 Å². The Kier molecular flexibility index (Phi) is 5.73. The van der Waals surface area contributed by atoms with Crippen molar-refractivity contribution in [3.8, 4) is 0 Å². The maximum absolute atomic E-state index is 9.24. The van der Waals surface area contributed by atoms with Crippen molar-refractivity contribution in [3.63, 3.8) is 0 Å². The van der Waals surface area contributed by atoms with Gasteiger partial charge in [-0.3, -0.25) is 0 Å². The Labute approximate surface area is 99.6 Å². The lowest BCUT2D eigenvalue weighted by Crippen LogP contribution is -2.44. The third-order valence-corrected chi connectivity index (χ3v) is 3.92. The summed E-state index contributed by atoms with van der Waals surface area (Å²) in [7, 11) is 1.89. The van der Waals surface area contributed by atoms with Crippen molar-refractivity contribution in [1.82, 2.24) is 5.32 Å². The number of aliphatic hydroxyl groups excluding tert-OH is 1. The zero-order valence-electron chi connectivity index (χ0n) is 11.0. The van der Waals surface area contributed by atoms with E-state index in [2.05, 4.69) is 12.2 Å². The topological polar surface area (TPSA) is 41.5 Å². The number of nitrogens with one attached hydrogen (secondary N) is 1. The quantitative estimate of drug-likeness (QED) is 0.731. The number of hydrogen-bond acceptors (Lipinski definition) is 3. The van der Waals surface area contributed by atoms with E-state index in [0.29, 0.717) is 6.10 Å². The number of likely N-dealkylation sites (N-methyl/N-ethyl adjacent to an activating group) is 1. The molecule has 0 radical (unpaired) electrons. The van der Waals surface area contributed by atoms with Crippen molar-refractivity contribution in [3.05, 3.63) is 0 Å². The van der Waals surface area contributed by atoms with Gasteiger partial charge in [0.1, 0.15) is 0 Å². The highest BCUT2D eigenvalue weighted by Crippen LogP contribution is 2.25. The molecule has 1 fully saturated rings. The van der Waals surface area contributed by atoms with Crippen LogP contribution < -0.4 is 5.32 Å². The molecule has 0 amide bonds. The van der Waals surface area contributed by atoms with Gasteiger partial charge in [0.15, 0.2) is 0 Å². The number of hydrogen-bond donors (Lipinski definition) is 2. The molecule has 1 unspecified atom stereocenters. The van der Waals surface area contributed by atoms with Gasteiger partial charge >= 0.3 is 0 Å². The van der Waals surface area contributed by atoms with Crippen molar-refractivity contribution in [2.75, 3.05) is 20.3 Å². The van der Waals surface area contributed by atoms with Gasteiger partial charge in [-0.2, -0.15) is 0 Å². The van der Waals surface area contributed by atoms with E-state index in [0.717, 1.165) is 18.9 Å². The molecule has 1 aliphatic carbocycles. The molecule has 3 heteroatoms. The van der Waals surface area contributed by atoms with E-state index >= 15 is 0 Å². The Morgan fingerprint density at radius 2 is 1.94 bits per heavy atom. The molecule has 1 aliphatic rings. The van der Waals surface area contributed by atoms with E-state index in [1.807, 2.05) is 14.0 Å². The standard InChI is InChI=1S/C13H27NO2/c1-11-4-6-12(7-5-11)16-9-8-13(2,10-15)14-3/h11-12,14-15H,4-10H2,1-3H3. The first kappa shape index (κ1) is 13.9. The molecular weight excluding hydrogens is 202 g/mol. The van der Waals surface area contributed by atoms with Gasteiger partial charge < -0.3 is 15.2 Å². The van der Waals surface area contributed by atoms with Crippen molar-refractivity contribution >= 4 is 0 Å². The van der Waals surface area contributed by atoms with Crippen LogP contribution in [0.3, 0.4) is 0 Å². The Morgan fingerprint density at radius 3 is 2.44 bits per heavy atom. The summed E-state index contributed by atoms with van der Waals surface area (Å²) in [6.07, 6.45) is 6.33. The second kappa shape index (κ2) is 6.58. The second-order valence-corrected chi connectivity index (χ2v) is 5.47. The molecule has 0 bridgehead atoms. The normalized spacial score (nSPS) is 30.0. The summed E-state index contributed by atoms with van der Waals surface area (Å²) in [4.78, 5) is 0.